The Balaban J connectivity index is 1.87. The summed E-state index contributed by atoms with van der Waals surface area (Å²) in [5.74, 6) is 0. The highest BCUT2D eigenvalue weighted by atomic mass is 16.5. The van der Waals surface area contributed by atoms with Gasteiger partial charge < -0.3 is 15.0 Å². The van der Waals surface area contributed by atoms with Gasteiger partial charge in [0.05, 0.1) is 6.61 Å². The van der Waals surface area contributed by atoms with Crippen molar-refractivity contribution in [3.63, 3.8) is 0 Å². The average molecular weight is 282 g/mol. The van der Waals surface area contributed by atoms with E-state index < -0.39 is 0 Å². The Kier molecular flexibility index (Phi) is 6.79. The number of hydrogen-bond acceptors (Lipinski definition) is 3. The molecular weight excluding hydrogens is 248 g/mol. The van der Waals surface area contributed by atoms with Crippen LogP contribution < -0.4 is 5.32 Å². The fourth-order valence-electron chi connectivity index (χ4n) is 3.88. The molecule has 2 saturated carbocycles. The molecule has 0 saturated heterocycles. The molecule has 2 fully saturated rings. The monoisotopic (exact) mass is 282 g/mol. The number of nitrogens with zero attached hydrogens (tertiary/aromatic N) is 1. The van der Waals surface area contributed by atoms with Crippen LogP contribution in [0.3, 0.4) is 0 Å². The molecule has 0 heterocycles. The molecule has 0 radical (unpaired) electrons. The van der Waals surface area contributed by atoms with Crippen LogP contribution in [-0.2, 0) is 4.74 Å². The minimum Gasteiger partial charge on any atom is -0.383 e. The van der Waals surface area contributed by atoms with Gasteiger partial charge >= 0.3 is 0 Å². The molecule has 0 aromatic heterocycles. The SMILES string of the molecule is COCCNCC1(CN(C)C2CCC2)CCCCCC1. The number of nitrogens with one attached hydrogen (secondary N) is 1. The van der Waals surface area contributed by atoms with E-state index in [4.69, 9.17) is 4.74 Å². The molecule has 2 rings (SSSR count). The summed E-state index contributed by atoms with van der Waals surface area (Å²) >= 11 is 0. The predicted molar refractivity (Wildman–Crippen MR) is 85.1 cm³/mol. The van der Waals surface area contributed by atoms with Crippen molar-refractivity contribution in [2.75, 3.05) is 40.4 Å². The van der Waals surface area contributed by atoms with Crippen molar-refractivity contribution in [3.05, 3.63) is 0 Å². The van der Waals surface area contributed by atoms with Crippen molar-refractivity contribution >= 4 is 0 Å². The molecule has 3 nitrogen and oxygen atoms in total. The van der Waals surface area contributed by atoms with Gasteiger partial charge in [0.15, 0.2) is 0 Å². The lowest BCUT2D eigenvalue weighted by molar-refractivity contribution is 0.0792. The predicted octanol–water partition coefficient (Wildman–Crippen LogP) is 3.05. The third-order valence-electron chi connectivity index (χ3n) is 5.43. The molecule has 0 amide bonds. The first kappa shape index (κ1) is 16.3. The standard InChI is InChI=1S/C17H34N2O/c1-19(16-8-7-9-16)15-17(14-18-12-13-20-2)10-5-3-4-6-11-17/h16,18H,3-15H2,1-2H3. The smallest absolute Gasteiger partial charge is 0.0587 e. The van der Waals surface area contributed by atoms with Crippen molar-refractivity contribution < 1.29 is 4.74 Å². The molecule has 0 bridgehead atoms. The van der Waals surface area contributed by atoms with Gasteiger partial charge in [-0.25, -0.2) is 0 Å². The summed E-state index contributed by atoms with van der Waals surface area (Å²) in [7, 11) is 4.14. The van der Waals surface area contributed by atoms with Gasteiger partial charge in [-0.3, -0.25) is 0 Å². The summed E-state index contributed by atoms with van der Waals surface area (Å²) in [6.07, 6.45) is 12.8. The first-order valence-electron chi connectivity index (χ1n) is 8.66. The van der Waals surface area contributed by atoms with Crippen LogP contribution in [0.25, 0.3) is 0 Å². The second kappa shape index (κ2) is 8.35. The molecule has 3 heteroatoms. The van der Waals surface area contributed by atoms with Gasteiger partial charge in [-0.05, 0) is 38.1 Å². The van der Waals surface area contributed by atoms with Crippen molar-refractivity contribution in [2.45, 2.75) is 63.8 Å². The molecule has 2 aliphatic rings. The second-order valence-corrected chi connectivity index (χ2v) is 7.08. The first-order valence-corrected chi connectivity index (χ1v) is 8.66. The van der Waals surface area contributed by atoms with Gasteiger partial charge in [0, 0.05) is 32.8 Å². The van der Waals surface area contributed by atoms with E-state index in [1.54, 1.807) is 7.11 Å². The van der Waals surface area contributed by atoms with E-state index >= 15 is 0 Å². The van der Waals surface area contributed by atoms with Crippen LogP contribution in [0.5, 0.6) is 0 Å². The first-order chi connectivity index (χ1) is 9.76. The Morgan fingerprint density at radius 3 is 2.35 bits per heavy atom. The van der Waals surface area contributed by atoms with Gasteiger partial charge in [-0.2, -0.15) is 0 Å². The molecule has 118 valence electrons. The van der Waals surface area contributed by atoms with Crippen LogP contribution in [0.15, 0.2) is 0 Å². The molecule has 0 aromatic rings. The Hall–Kier alpha value is -0.120. The normalized spacial score (nSPS) is 23.6. The third kappa shape index (κ3) is 4.71. The Labute approximate surface area is 125 Å². The van der Waals surface area contributed by atoms with Gasteiger partial charge in [-0.1, -0.05) is 32.1 Å². The van der Waals surface area contributed by atoms with Crippen molar-refractivity contribution in [1.82, 2.24) is 10.2 Å². The summed E-state index contributed by atoms with van der Waals surface area (Å²) in [4.78, 5) is 2.66. The highest BCUT2D eigenvalue weighted by molar-refractivity contribution is 4.89. The van der Waals surface area contributed by atoms with E-state index in [0.29, 0.717) is 5.41 Å². The summed E-state index contributed by atoms with van der Waals surface area (Å²) in [6, 6.07) is 0.870. The Bertz CT molecular complexity index is 258. The van der Waals surface area contributed by atoms with E-state index in [1.807, 2.05) is 0 Å². The molecule has 0 aromatic carbocycles. The average Bonchev–Trinajstić information content (AvgIpc) is 2.59. The zero-order valence-electron chi connectivity index (χ0n) is 13.6. The molecule has 20 heavy (non-hydrogen) atoms. The second-order valence-electron chi connectivity index (χ2n) is 7.08. The van der Waals surface area contributed by atoms with Crippen LogP contribution in [0.4, 0.5) is 0 Å². The number of methoxy groups -OCH3 is 1. The van der Waals surface area contributed by atoms with Crippen LogP contribution in [0, 0.1) is 5.41 Å². The minimum atomic E-state index is 0.509. The van der Waals surface area contributed by atoms with E-state index in [2.05, 4.69) is 17.3 Å². The van der Waals surface area contributed by atoms with Crippen LogP contribution in [0.2, 0.25) is 0 Å². The van der Waals surface area contributed by atoms with E-state index in [0.717, 1.165) is 19.2 Å². The summed E-state index contributed by atoms with van der Waals surface area (Å²) in [5.41, 5.74) is 0.509. The van der Waals surface area contributed by atoms with Gasteiger partial charge in [0.2, 0.25) is 0 Å². The Morgan fingerprint density at radius 1 is 1.10 bits per heavy atom. The van der Waals surface area contributed by atoms with E-state index in [9.17, 15) is 0 Å². The minimum absolute atomic E-state index is 0.509. The largest absolute Gasteiger partial charge is 0.383 e. The van der Waals surface area contributed by atoms with Crippen molar-refractivity contribution in [3.8, 4) is 0 Å². The zero-order chi connectivity index (χ0) is 14.3. The topological polar surface area (TPSA) is 24.5 Å². The zero-order valence-corrected chi connectivity index (χ0v) is 13.6. The Morgan fingerprint density at radius 2 is 1.80 bits per heavy atom. The summed E-state index contributed by atoms with van der Waals surface area (Å²) in [5, 5.41) is 3.65. The number of hydrogen-bond donors (Lipinski definition) is 1. The highest BCUT2D eigenvalue weighted by Crippen LogP contribution is 2.37. The summed E-state index contributed by atoms with van der Waals surface area (Å²) in [6.45, 7) is 4.28. The quantitative estimate of drug-likeness (QED) is 0.547. The molecule has 2 aliphatic carbocycles. The fourth-order valence-corrected chi connectivity index (χ4v) is 3.88. The fraction of sp³-hybridized carbons (Fsp3) is 1.00. The van der Waals surface area contributed by atoms with Crippen LogP contribution in [0.1, 0.15) is 57.8 Å². The number of rotatable bonds is 8. The molecule has 0 atom stereocenters. The lowest BCUT2D eigenvalue weighted by Crippen LogP contribution is -2.48. The van der Waals surface area contributed by atoms with Gasteiger partial charge in [0.25, 0.3) is 0 Å². The third-order valence-corrected chi connectivity index (χ3v) is 5.43. The molecule has 0 unspecified atom stereocenters. The van der Waals surface area contributed by atoms with Crippen LogP contribution >= 0.6 is 0 Å². The number of ether oxygens (including phenoxy) is 1. The maximum Gasteiger partial charge on any atom is 0.0587 e. The molecule has 1 N–H and O–H groups in total. The highest BCUT2D eigenvalue weighted by Gasteiger charge is 2.34. The maximum atomic E-state index is 5.16. The van der Waals surface area contributed by atoms with Crippen molar-refractivity contribution in [2.24, 2.45) is 5.41 Å². The molecular formula is C17H34N2O. The van der Waals surface area contributed by atoms with E-state index in [1.165, 1.54) is 70.9 Å². The lowest BCUT2D eigenvalue weighted by atomic mass is 9.78. The molecule has 0 aliphatic heterocycles. The lowest BCUT2D eigenvalue weighted by Gasteiger charge is -2.42. The van der Waals surface area contributed by atoms with E-state index in [-0.39, 0.29) is 0 Å². The maximum absolute atomic E-state index is 5.16. The summed E-state index contributed by atoms with van der Waals surface area (Å²) < 4.78 is 5.16. The van der Waals surface area contributed by atoms with Crippen LogP contribution in [-0.4, -0.2) is 51.3 Å². The molecule has 0 spiro atoms. The van der Waals surface area contributed by atoms with Gasteiger partial charge in [0.1, 0.15) is 0 Å². The van der Waals surface area contributed by atoms with Gasteiger partial charge in [-0.15, -0.1) is 0 Å². The van der Waals surface area contributed by atoms with Crippen molar-refractivity contribution in [1.29, 1.82) is 0 Å².